The molecule has 3 amide bonds. The number of benzene rings is 2. The first-order valence-corrected chi connectivity index (χ1v) is 11.8. The zero-order chi connectivity index (χ0) is 27.7. The fraction of sp³-hybridized carbons (Fsp3) is 0.346. The molecule has 0 bridgehead atoms. The van der Waals surface area contributed by atoms with Crippen molar-refractivity contribution in [3.8, 4) is 5.75 Å². The van der Waals surface area contributed by atoms with Crippen molar-refractivity contribution < 1.29 is 33.1 Å². The second-order valence-electron chi connectivity index (χ2n) is 8.58. The average Bonchev–Trinajstić information content (AvgIpc) is 2.84. The molecule has 0 aliphatic carbocycles. The highest BCUT2D eigenvalue weighted by atomic mass is 35.5. The highest BCUT2D eigenvalue weighted by molar-refractivity contribution is 6.33. The lowest BCUT2D eigenvalue weighted by Gasteiger charge is -2.22. The van der Waals surface area contributed by atoms with Gasteiger partial charge in [0.1, 0.15) is 17.6 Å². The summed E-state index contributed by atoms with van der Waals surface area (Å²) in [4.78, 5) is 61.4. The van der Waals surface area contributed by atoms with Crippen LogP contribution in [0, 0.1) is 11.7 Å². The van der Waals surface area contributed by atoms with Crippen LogP contribution in [-0.4, -0.2) is 55.5 Å². The molecule has 0 spiro atoms. The Bertz CT molecular complexity index is 1180. The van der Waals surface area contributed by atoms with Gasteiger partial charge in [0, 0.05) is 11.1 Å². The lowest BCUT2D eigenvalue weighted by molar-refractivity contribution is -0.130. The third-order valence-electron chi connectivity index (χ3n) is 5.40. The van der Waals surface area contributed by atoms with Crippen molar-refractivity contribution in [1.82, 2.24) is 16.0 Å². The summed E-state index contributed by atoms with van der Waals surface area (Å²) in [6.45, 7) is 3.97. The summed E-state index contributed by atoms with van der Waals surface area (Å²) in [5.74, 6) is -3.36. The van der Waals surface area contributed by atoms with E-state index >= 15 is 0 Å². The van der Waals surface area contributed by atoms with Gasteiger partial charge in [0.15, 0.2) is 11.6 Å². The maximum absolute atomic E-state index is 13.8. The molecule has 0 saturated heterocycles. The largest absolute Gasteiger partial charge is 0.496 e. The molecular formula is C26H29ClFN3O6. The number of halogens is 2. The van der Waals surface area contributed by atoms with Crippen molar-refractivity contribution in [3.63, 3.8) is 0 Å². The predicted molar refractivity (Wildman–Crippen MR) is 135 cm³/mol. The Hall–Kier alpha value is -3.79. The number of carbonyl (C=O) groups excluding carboxylic acids is 5. The maximum atomic E-state index is 13.8. The first kappa shape index (κ1) is 29.4. The Morgan fingerprint density at radius 3 is 2.30 bits per heavy atom. The summed E-state index contributed by atoms with van der Waals surface area (Å²) in [5, 5.41) is 7.26. The molecule has 0 aliphatic heterocycles. The Morgan fingerprint density at radius 1 is 1.03 bits per heavy atom. The number of rotatable bonds is 12. The zero-order valence-corrected chi connectivity index (χ0v) is 21.7. The number of hydrogen-bond acceptors (Lipinski definition) is 6. The van der Waals surface area contributed by atoms with Gasteiger partial charge < -0.3 is 20.7 Å². The van der Waals surface area contributed by atoms with Crippen LogP contribution in [0.2, 0.25) is 5.02 Å². The Morgan fingerprint density at radius 2 is 1.70 bits per heavy atom. The lowest BCUT2D eigenvalue weighted by Crippen LogP contribution is -2.51. The van der Waals surface area contributed by atoms with E-state index in [1.807, 2.05) is 0 Å². The van der Waals surface area contributed by atoms with E-state index in [-0.39, 0.29) is 28.7 Å². The van der Waals surface area contributed by atoms with Gasteiger partial charge in [-0.15, -0.1) is 0 Å². The third-order valence-corrected chi connectivity index (χ3v) is 5.71. The minimum atomic E-state index is -0.950. The molecule has 0 fully saturated rings. The Labute approximate surface area is 219 Å². The number of hydrogen-bond donors (Lipinski definition) is 3. The van der Waals surface area contributed by atoms with Gasteiger partial charge in [0.2, 0.25) is 11.8 Å². The summed E-state index contributed by atoms with van der Waals surface area (Å²) < 4.78 is 19.1. The normalized spacial score (nSPS) is 11.4. The van der Waals surface area contributed by atoms with E-state index in [9.17, 15) is 28.4 Å². The van der Waals surface area contributed by atoms with E-state index in [1.165, 1.54) is 26.2 Å². The van der Waals surface area contributed by atoms with Crippen LogP contribution in [0.3, 0.4) is 0 Å². The molecule has 11 heteroatoms. The van der Waals surface area contributed by atoms with Gasteiger partial charge in [-0.1, -0.05) is 31.5 Å². The van der Waals surface area contributed by atoms with Crippen molar-refractivity contribution in [2.45, 2.75) is 33.2 Å². The molecule has 2 aromatic rings. The number of Topliss-reactive ketones (excluding diaryl/α,β-unsaturated/α-hetero) is 2. The molecular weight excluding hydrogens is 505 g/mol. The number of ether oxygens (including phenoxy) is 1. The van der Waals surface area contributed by atoms with Gasteiger partial charge in [0.25, 0.3) is 5.91 Å². The number of amides is 3. The molecule has 2 rings (SSSR count). The quantitative estimate of drug-likeness (QED) is 0.359. The monoisotopic (exact) mass is 533 g/mol. The van der Waals surface area contributed by atoms with E-state index in [1.54, 1.807) is 32.0 Å². The second kappa shape index (κ2) is 13.5. The summed E-state index contributed by atoms with van der Waals surface area (Å²) in [5.41, 5.74) is 0.523. The number of ketones is 2. The van der Waals surface area contributed by atoms with Crippen LogP contribution in [0.25, 0.3) is 0 Å². The molecule has 0 aromatic heterocycles. The van der Waals surface area contributed by atoms with Gasteiger partial charge in [0.05, 0.1) is 37.2 Å². The van der Waals surface area contributed by atoms with Crippen molar-refractivity contribution >= 4 is 40.9 Å². The molecule has 0 saturated carbocycles. The van der Waals surface area contributed by atoms with Gasteiger partial charge >= 0.3 is 0 Å². The average molecular weight is 534 g/mol. The van der Waals surface area contributed by atoms with Crippen LogP contribution >= 0.6 is 11.6 Å². The summed E-state index contributed by atoms with van der Waals surface area (Å²) in [7, 11) is 1.44. The molecule has 9 nitrogen and oxygen atoms in total. The van der Waals surface area contributed by atoms with Crippen LogP contribution in [0.15, 0.2) is 36.4 Å². The predicted octanol–water partition coefficient (Wildman–Crippen LogP) is 2.49. The standard InChI is InChI=1S/C26H29ClFN3O6/c1-14(2)24(31-22(34)11-17-10-16(15(3)32)8-9-21(17)37-4)26(36)30-13-18(33)12-29-25(35)23-19(27)6-5-7-20(23)28/h5-10,14,24H,11-13H2,1-4H3,(H,29,35)(H,30,36)(H,31,34). The van der Waals surface area contributed by atoms with E-state index in [0.717, 1.165) is 6.07 Å². The van der Waals surface area contributed by atoms with Gasteiger partial charge in [-0.2, -0.15) is 0 Å². The molecule has 2 aromatic carbocycles. The summed E-state index contributed by atoms with van der Waals surface area (Å²) >= 11 is 5.84. The summed E-state index contributed by atoms with van der Waals surface area (Å²) in [6, 6.07) is 7.56. The highest BCUT2D eigenvalue weighted by Crippen LogP contribution is 2.21. The molecule has 3 N–H and O–H groups in total. The van der Waals surface area contributed by atoms with Crippen LogP contribution in [0.5, 0.6) is 5.75 Å². The van der Waals surface area contributed by atoms with Gasteiger partial charge in [-0.05, 0) is 43.2 Å². The fourth-order valence-electron chi connectivity index (χ4n) is 3.41. The maximum Gasteiger partial charge on any atom is 0.256 e. The van der Waals surface area contributed by atoms with Crippen LogP contribution in [0.1, 0.15) is 47.1 Å². The molecule has 37 heavy (non-hydrogen) atoms. The van der Waals surface area contributed by atoms with Gasteiger partial charge in [-0.25, -0.2) is 4.39 Å². The van der Waals surface area contributed by atoms with Gasteiger partial charge in [-0.3, -0.25) is 24.0 Å². The van der Waals surface area contributed by atoms with E-state index in [2.05, 4.69) is 16.0 Å². The van der Waals surface area contributed by atoms with Crippen molar-refractivity contribution in [3.05, 3.63) is 63.9 Å². The first-order valence-electron chi connectivity index (χ1n) is 11.4. The molecule has 1 atom stereocenters. The minimum absolute atomic E-state index is 0.0978. The van der Waals surface area contributed by atoms with Crippen LogP contribution < -0.4 is 20.7 Å². The van der Waals surface area contributed by atoms with E-state index < -0.39 is 48.5 Å². The zero-order valence-electron chi connectivity index (χ0n) is 20.9. The number of carbonyl (C=O) groups is 5. The lowest BCUT2D eigenvalue weighted by atomic mass is 10.0. The van der Waals surface area contributed by atoms with Crippen molar-refractivity contribution in [1.29, 1.82) is 0 Å². The Kier molecular flexibility index (Phi) is 10.7. The molecule has 1 unspecified atom stereocenters. The number of methoxy groups -OCH3 is 1. The smallest absolute Gasteiger partial charge is 0.256 e. The van der Waals surface area contributed by atoms with Crippen molar-refractivity contribution in [2.75, 3.05) is 20.2 Å². The second-order valence-corrected chi connectivity index (χ2v) is 8.99. The van der Waals surface area contributed by atoms with Crippen molar-refractivity contribution in [2.24, 2.45) is 5.92 Å². The minimum Gasteiger partial charge on any atom is -0.496 e. The first-order chi connectivity index (χ1) is 17.4. The molecule has 198 valence electrons. The van der Waals surface area contributed by atoms with E-state index in [4.69, 9.17) is 16.3 Å². The molecule has 0 aliphatic rings. The number of nitrogens with one attached hydrogen (secondary N) is 3. The Balaban J connectivity index is 1.94. The SMILES string of the molecule is COc1ccc(C(C)=O)cc1CC(=O)NC(C(=O)NCC(=O)CNC(=O)c1c(F)cccc1Cl)C(C)C. The molecule has 0 radical (unpaired) electrons. The topological polar surface area (TPSA) is 131 Å². The fourth-order valence-corrected chi connectivity index (χ4v) is 3.66. The molecule has 0 heterocycles. The third kappa shape index (κ3) is 8.38. The summed E-state index contributed by atoms with van der Waals surface area (Å²) in [6.07, 6.45) is -0.135. The van der Waals surface area contributed by atoms with Crippen LogP contribution in [0.4, 0.5) is 4.39 Å². The highest BCUT2D eigenvalue weighted by Gasteiger charge is 2.25. The van der Waals surface area contributed by atoms with E-state index in [0.29, 0.717) is 16.9 Å². The van der Waals surface area contributed by atoms with Crippen LogP contribution in [-0.2, 0) is 20.8 Å².